The number of hydrogen-bond acceptors (Lipinski definition) is 6. The molecule has 0 amide bonds. The molecule has 0 saturated carbocycles. The molecule has 1 atom stereocenters. The van der Waals surface area contributed by atoms with Crippen molar-refractivity contribution in [3.8, 4) is 5.75 Å². The maximum atomic E-state index is 11.6. The van der Waals surface area contributed by atoms with E-state index < -0.39 is 14.1 Å². The van der Waals surface area contributed by atoms with E-state index in [4.69, 9.17) is 23.0 Å². The van der Waals surface area contributed by atoms with Crippen LogP contribution in [0.5, 0.6) is 5.75 Å². The first-order valence-corrected chi connectivity index (χ1v) is 12.4. The zero-order valence-corrected chi connectivity index (χ0v) is 18.5. The van der Waals surface area contributed by atoms with Crippen molar-refractivity contribution in [2.45, 2.75) is 90.8 Å². The number of benzene rings is 1. The van der Waals surface area contributed by atoms with Gasteiger partial charge in [-0.15, -0.1) is 0 Å². The fourth-order valence-electron chi connectivity index (χ4n) is 3.33. The molecule has 1 saturated heterocycles. The second-order valence-electron chi connectivity index (χ2n) is 7.62. The summed E-state index contributed by atoms with van der Waals surface area (Å²) in [6.45, 7) is 4.35. The van der Waals surface area contributed by atoms with Crippen molar-refractivity contribution in [2.75, 3.05) is 0 Å². The van der Waals surface area contributed by atoms with Gasteiger partial charge >= 0.3 is 19.7 Å². The molecule has 0 spiro atoms. The van der Waals surface area contributed by atoms with Crippen LogP contribution in [0.2, 0.25) is 0 Å². The number of phosphoric acid groups is 1. The highest BCUT2D eigenvalue weighted by Gasteiger charge is 2.58. The Bertz CT molecular complexity index is 703. The minimum Gasteiger partial charge on any atom is -0.455 e. The van der Waals surface area contributed by atoms with E-state index in [-0.39, 0.29) is 11.9 Å². The molecule has 3 heterocycles. The number of hydrogen-bond donors (Lipinski definition) is 0. The highest BCUT2D eigenvalue weighted by Crippen LogP contribution is 2.70. The van der Waals surface area contributed by atoms with E-state index in [2.05, 4.69) is 26.0 Å². The summed E-state index contributed by atoms with van der Waals surface area (Å²) in [4.78, 5) is 0. The summed E-state index contributed by atoms with van der Waals surface area (Å²) in [6, 6.07) is 8.17. The molecular weight excluding hydrogens is 391 g/mol. The average molecular weight is 424 g/mol. The molecular formula is C22H33O6P. The molecule has 6 nitrogen and oxygen atoms in total. The number of rotatable bonds is 15. The summed E-state index contributed by atoms with van der Waals surface area (Å²) >= 11 is 0. The van der Waals surface area contributed by atoms with Crippen molar-refractivity contribution >= 4 is 7.82 Å². The lowest BCUT2D eigenvalue weighted by Crippen LogP contribution is -2.20. The van der Waals surface area contributed by atoms with Crippen LogP contribution in [-0.4, -0.2) is 6.29 Å². The Labute approximate surface area is 174 Å². The normalized spacial score (nSPS) is 17.0. The van der Waals surface area contributed by atoms with Gasteiger partial charge in [0.1, 0.15) is 5.75 Å². The van der Waals surface area contributed by atoms with E-state index >= 15 is 0 Å². The molecule has 3 aliphatic rings. The topological polar surface area (TPSA) is 63.2 Å². The molecule has 0 radical (unpaired) electrons. The van der Waals surface area contributed by atoms with E-state index in [1.807, 2.05) is 12.1 Å². The number of fused-ring (bicyclic) bond motifs is 1. The highest BCUT2D eigenvalue weighted by atomic mass is 31.2. The first kappa shape index (κ1) is 21.9. The SMILES string of the molecule is CCCCCCCCCc1ccc(OC(CCCC)OC2=C3OP(=O)(O2)O3)cc1. The van der Waals surface area contributed by atoms with Crippen molar-refractivity contribution in [3.05, 3.63) is 41.7 Å². The van der Waals surface area contributed by atoms with Crippen LogP contribution in [0.3, 0.4) is 0 Å². The molecule has 0 aliphatic carbocycles. The minimum atomic E-state index is -3.40. The predicted octanol–water partition coefficient (Wildman–Crippen LogP) is 7.20. The van der Waals surface area contributed by atoms with Crippen molar-refractivity contribution in [3.63, 3.8) is 0 Å². The van der Waals surface area contributed by atoms with E-state index in [0.717, 1.165) is 25.0 Å². The van der Waals surface area contributed by atoms with Crippen LogP contribution in [0.1, 0.15) is 83.6 Å². The largest absolute Gasteiger partial charge is 0.654 e. The van der Waals surface area contributed by atoms with E-state index in [9.17, 15) is 4.57 Å². The number of ether oxygens (including phenoxy) is 2. The lowest BCUT2D eigenvalue weighted by molar-refractivity contribution is -0.0802. The molecule has 162 valence electrons. The van der Waals surface area contributed by atoms with Gasteiger partial charge in [-0.25, -0.2) is 0 Å². The van der Waals surface area contributed by atoms with E-state index in [1.54, 1.807) is 0 Å². The van der Waals surface area contributed by atoms with Crippen molar-refractivity contribution in [2.24, 2.45) is 0 Å². The van der Waals surface area contributed by atoms with Crippen molar-refractivity contribution < 1.29 is 27.6 Å². The van der Waals surface area contributed by atoms with Crippen LogP contribution in [0.15, 0.2) is 36.2 Å². The van der Waals surface area contributed by atoms with Gasteiger partial charge in [-0.2, -0.15) is 4.57 Å². The van der Waals surface area contributed by atoms with E-state index in [0.29, 0.717) is 6.42 Å². The first-order chi connectivity index (χ1) is 14.1. The highest BCUT2D eigenvalue weighted by molar-refractivity contribution is 7.50. The first-order valence-electron chi connectivity index (χ1n) is 11.0. The van der Waals surface area contributed by atoms with Crippen LogP contribution >= 0.6 is 7.82 Å². The molecule has 3 aliphatic heterocycles. The summed E-state index contributed by atoms with van der Waals surface area (Å²) in [7, 11) is -3.40. The van der Waals surface area contributed by atoms with Gasteiger partial charge in [-0.1, -0.05) is 70.9 Å². The standard InChI is InChI=1S/C22H33O6P/c1-3-5-7-8-9-10-11-12-18-14-16-19(17-15-18)24-20(13-6-4-2)25-21-22-27-29(23,26-21)28-22/h14-17,20H,3-13H2,1-2H3. The van der Waals surface area contributed by atoms with Gasteiger partial charge < -0.3 is 23.0 Å². The monoisotopic (exact) mass is 424 g/mol. The molecule has 4 rings (SSSR count). The third kappa shape index (κ3) is 6.60. The third-order valence-electron chi connectivity index (χ3n) is 5.04. The lowest BCUT2D eigenvalue weighted by Gasteiger charge is -2.19. The molecule has 1 aromatic carbocycles. The number of unbranched alkanes of at least 4 members (excludes halogenated alkanes) is 7. The van der Waals surface area contributed by atoms with Crippen LogP contribution in [0.25, 0.3) is 0 Å². The molecule has 7 heteroatoms. The summed E-state index contributed by atoms with van der Waals surface area (Å²) in [5.41, 5.74) is 1.32. The summed E-state index contributed by atoms with van der Waals surface area (Å²) < 4.78 is 38.2. The Kier molecular flexibility index (Phi) is 8.17. The molecule has 2 bridgehead atoms. The molecule has 1 fully saturated rings. The second kappa shape index (κ2) is 10.8. The van der Waals surface area contributed by atoms with Gasteiger partial charge in [-0.05, 0) is 37.0 Å². The number of aryl methyl sites for hydroxylation is 1. The summed E-state index contributed by atoms with van der Waals surface area (Å²) in [6.07, 6.45) is 12.4. The van der Waals surface area contributed by atoms with Crippen LogP contribution in [0, 0.1) is 0 Å². The van der Waals surface area contributed by atoms with Crippen molar-refractivity contribution in [1.82, 2.24) is 0 Å². The van der Waals surface area contributed by atoms with Crippen LogP contribution in [0.4, 0.5) is 0 Å². The fourth-order valence-corrected chi connectivity index (χ4v) is 4.30. The minimum absolute atomic E-state index is 0.0185. The maximum Gasteiger partial charge on any atom is 0.654 e. The quantitative estimate of drug-likeness (QED) is 0.168. The van der Waals surface area contributed by atoms with Gasteiger partial charge in [0, 0.05) is 6.42 Å². The maximum absolute atomic E-state index is 11.6. The molecule has 0 aromatic heterocycles. The zero-order valence-electron chi connectivity index (χ0n) is 17.6. The Morgan fingerprint density at radius 3 is 2.10 bits per heavy atom. The van der Waals surface area contributed by atoms with Gasteiger partial charge in [0.2, 0.25) is 6.29 Å². The zero-order chi connectivity index (χ0) is 20.5. The number of phosphoric ester groups is 1. The Morgan fingerprint density at radius 1 is 0.828 bits per heavy atom. The summed E-state index contributed by atoms with van der Waals surface area (Å²) in [5.74, 6) is 0.798. The summed E-state index contributed by atoms with van der Waals surface area (Å²) in [5, 5.41) is 0. The molecule has 29 heavy (non-hydrogen) atoms. The van der Waals surface area contributed by atoms with Gasteiger partial charge in [-0.3, -0.25) is 0 Å². The fraction of sp³-hybridized carbons (Fsp3) is 0.636. The molecule has 0 N–H and O–H groups in total. The predicted molar refractivity (Wildman–Crippen MR) is 111 cm³/mol. The van der Waals surface area contributed by atoms with Crippen molar-refractivity contribution in [1.29, 1.82) is 0 Å². The average Bonchev–Trinajstić information content (AvgIpc) is 3.18. The Balaban J connectivity index is 1.42. The van der Waals surface area contributed by atoms with E-state index in [1.165, 1.54) is 50.5 Å². The van der Waals surface area contributed by atoms with Crippen LogP contribution in [-0.2, 0) is 29.3 Å². The van der Waals surface area contributed by atoms with Gasteiger partial charge in [0.15, 0.2) is 0 Å². The van der Waals surface area contributed by atoms with Crippen LogP contribution < -0.4 is 4.74 Å². The molecule has 1 unspecified atom stereocenters. The third-order valence-corrected chi connectivity index (χ3v) is 6.21. The Morgan fingerprint density at radius 2 is 1.48 bits per heavy atom. The van der Waals surface area contributed by atoms with Gasteiger partial charge in [0.05, 0.1) is 0 Å². The Hall–Kier alpha value is -1.81. The lowest BCUT2D eigenvalue weighted by atomic mass is 10.0. The molecule has 1 aromatic rings. The van der Waals surface area contributed by atoms with Gasteiger partial charge in [0.25, 0.3) is 0 Å². The second-order valence-corrected chi connectivity index (χ2v) is 9.06. The smallest absolute Gasteiger partial charge is 0.455 e.